The SMILES string of the molecule is Cc1cccn2c(=O)c(/C=C3\SC(=S)N(Cc4ccco4)C3=O)c(N3C[C@@H](C)O[C@H](C)C3)nc12. The van der Waals surface area contributed by atoms with E-state index < -0.39 is 0 Å². The van der Waals surface area contributed by atoms with Gasteiger partial charge in [0.25, 0.3) is 11.5 Å². The molecule has 176 valence electrons. The number of morpholine rings is 1. The number of ether oxygens (including phenoxy) is 1. The van der Waals surface area contributed by atoms with Crippen molar-refractivity contribution in [3.8, 4) is 0 Å². The molecule has 0 radical (unpaired) electrons. The molecule has 0 N–H and O–H groups in total. The van der Waals surface area contributed by atoms with E-state index in [0.717, 1.165) is 5.56 Å². The van der Waals surface area contributed by atoms with Gasteiger partial charge in [0, 0.05) is 19.3 Å². The molecule has 0 bridgehead atoms. The van der Waals surface area contributed by atoms with Crippen molar-refractivity contribution in [3.63, 3.8) is 0 Å². The summed E-state index contributed by atoms with van der Waals surface area (Å²) in [5, 5.41) is 0. The van der Waals surface area contributed by atoms with Crippen molar-refractivity contribution in [3.05, 3.63) is 68.9 Å². The molecule has 1 amide bonds. The highest BCUT2D eigenvalue weighted by Crippen LogP contribution is 2.35. The number of nitrogens with zero attached hydrogens (tertiary/aromatic N) is 4. The molecule has 10 heteroatoms. The van der Waals surface area contributed by atoms with Crippen molar-refractivity contribution in [1.29, 1.82) is 0 Å². The van der Waals surface area contributed by atoms with Crippen molar-refractivity contribution >= 4 is 51.7 Å². The number of anilines is 1. The highest BCUT2D eigenvalue weighted by atomic mass is 32.2. The molecule has 2 fully saturated rings. The molecule has 3 aromatic rings. The number of carbonyl (C=O) groups is 1. The molecule has 34 heavy (non-hydrogen) atoms. The molecule has 2 aliphatic heterocycles. The largest absolute Gasteiger partial charge is 0.467 e. The minimum Gasteiger partial charge on any atom is -0.467 e. The second kappa shape index (κ2) is 9.01. The molecule has 0 aromatic carbocycles. The molecule has 0 spiro atoms. The second-order valence-electron chi connectivity index (χ2n) is 8.55. The maximum Gasteiger partial charge on any atom is 0.267 e. The molecular formula is C24H24N4O4S2. The number of amides is 1. The third-order valence-corrected chi connectivity index (χ3v) is 7.20. The van der Waals surface area contributed by atoms with Crippen LogP contribution in [0.4, 0.5) is 5.82 Å². The lowest BCUT2D eigenvalue weighted by molar-refractivity contribution is -0.122. The summed E-state index contributed by atoms with van der Waals surface area (Å²) < 4.78 is 13.2. The summed E-state index contributed by atoms with van der Waals surface area (Å²) in [5.74, 6) is 0.935. The number of carbonyl (C=O) groups excluding carboxylic acids is 1. The van der Waals surface area contributed by atoms with E-state index in [4.69, 9.17) is 26.4 Å². The molecule has 3 aromatic heterocycles. The lowest BCUT2D eigenvalue weighted by atomic mass is 10.1. The summed E-state index contributed by atoms with van der Waals surface area (Å²) in [5.41, 5.74) is 1.62. The van der Waals surface area contributed by atoms with Crippen molar-refractivity contribution < 1.29 is 13.9 Å². The van der Waals surface area contributed by atoms with Gasteiger partial charge in [-0.1, -0.05) is 30.0 Å². The Labute approximate surface area is 206 Å². The summed E-state index contributed by atoms with van der Waals surface area (Å²) in [6, 6.07) is 7.30. The van der Waals surface area contributed by atoms with Crippen LogP contribution in [0.5, 0.6) is 0 Å². The zero-order valence-electron chi connectivity index (χ0n) is 19.1. The molecule has 5 heterocycles. The minimum absolute atomic E-state index is 0.0137. The number of aryl methyl sites for hydroxylation is 1. The molecule has 0 unspecified atom stereocenters. The van der Waals surface area contributed by atoms with Crippen LogP contribution in [0.1, 0.15) is 30.7 Å². The standard InChI is InChI=1S/C24H24N4O4S2/c1-14-6-4-8-27-20(14)25-21(26-11-15(2)32-16(3)12-26)18(22(27)29)10-19-23(30)28(24(33)34-19)13-17-7-5-9-31-17/h4-10,15-16H,11-13H2,1-3H3/b19-10-/t15-,16-/m1/s1. The fourth-order valence-electron chi connectivity index (χ4n) is 4.34. The molecule has 8 nitrogen and oxygen atoms in total. The van der Waals surface area contributed by atoms with Crippen molar-refractivity contribution in [1.82, 2.24) is 14.3 Å². The number of thioether (sulfide) groups is 1. The zero-order valence-corrected chi connectivity index (χ0v) is 20.7. The van der Waals surface area contributed by atoms with E-state index in [2.05, 4.69) is 4.90 Å². The summed E-state index contributed by atoms with van der Waals surface area (Å²) >= 11 is 6.64. The first-order valence-electron chi connectivity index (χ1n) is 11.0. The van der Waals surface area contributed by atoms with E-state index in [-0.39, 0.29) is 30.2 Å². The van der Waals surface area contributed by atoms with Gasteiger partial charge < -0.3 is 14.1 Å². The summed E-state index contributed by atoms with van der Waals surface area (Å²) in [4.78, 5) is 35.7. The van der Waals surface area contributed by atoms with Gasteiger partial charge in [-0.15, -0.1) is 0 Å². The van der Waals surface area contributed by atoms with Crippen LogP contribution in [0.3, 0.4) is 0 Å². The van der Waals surface area contributed by atoms with Gasteiger partial charge in [-0.25, -0.2) is 4.98 Å². The topological polar surface area (TPSA) is 80.3 Å². The number of hydrogen-bond acceptors (Lipinski definition) is 8. The Morgan fingerprint density at radius 2 is 1.97 bits per heavy atom. The van der Waals surface area contributed by atoms with Gasteiger partial charge in [0.15, 0.2) is 0 Å². The van der Waals surface area contributed by atoms with E-state index in [1.54, 1.807) is 30.7 Å². The van der Waals surface area contributed by atoms with E-state index in [1.807, 2.05) is 32.9 Å². The molecule has 5 rings (SSSR count). The summed E-state index contributed by atoms with van der Waals surface area (Å²) in [6.45, 7) is 7.37. The Morgan fingerprint density at radius 1 is 1.21 bits per heavy atom. The van der Waals surface area contributed by atoms with Crippen molar-refractivity contribution in [2.75, 3.05) is 18.0 Å². The van der Waals surface area contributed by atoms with E-state index >= 15 is 0 Å². The van der Waals surface area contributed by atoms with Gasteiger partial charge in [0.1, 0.15) is 21.5 Å². The lowest BCUT2D eigenvalue weighted by Crippen LogP contribution is -2.46. The van der Waals surface area contributed by atoms with Crippen LogP contribution in [-0.2, 0) is 16.1 Å². The predicted molar refractivity (Wildman–Crippen MR) is 136 cm³/mol. The monoisotopic (exact) mass is 496 g/mol. The zero-order chi connectivity index (χ0) is 24.0. The van der Waals surface area contributed by atoms with Crippen LogP contribution in [0.25, 0.3) is 11.7 Å². The first-order valence-corrected chi connectivity index (χ1v) is 12.2. The Hall–Kier alpha value is -2.95. The highest BCUT2D eigenvalue weighted by Gasteiger charge is 2.34. The number of rotatable bonds is 4. The normalized spacial score (nSPS) is 22.4. The fourth-order valence-corrected chi connectivity index (χ4v) is 5.58. The maximum absolute atomic E-state index is 13.7. The van der Waals surface area contributed by atoms with Gasteiger partial charge in [0.05, 0.1) is 35.5 Å². The van der Waals surface area contributed by atoms with Gasteiger partial charge in [-0.05, 0) is 50.6 Å². The maximum atomic E-state index is 13.7. The molecule has 0 saturated carbocycles. The summed E-state index contributed by atoms with van der Waals surface area (Å²) in [6.07, 6.45) is 4.86. The number of furan rings is 1. The highest BCUT2D eigenvalue weighted by molar-refractivity contribution is 8.26. The van der Waals surface area contributed by atoms with Gasteiger partial charge >= 0.3 is 0 Å². The quantitative estimate of drug-likeness (QED) is 0.400. The van der Waals surface area contributed by atoms with Crippen LogP contribution in [0.2, 0.25) is 0 Å². The van der Waals surface area contributed by atoms with Gasteiger partial charge in [0.2, 0.25) is 0 Å². The van der Waals surface area contributed by atoms with Gasteiger partial charge in [-0.3, -0.25) is 18.9 Å². The third kappa shape index (κ3) is 4.17. The van der Waals surface area contributed by atoms with E-state index in [1.165, 1.54) is 21.1 Å². The van der Waals surface area contributed by atoms with Crippen molar-refractivity contribution in [2.45, 2.75) is 39.5 Å². The average molecular weight is 497 g/mol. The number of thiocarbonyl (C=S) groups is 1. The minimum atomic E-state index is -0.255. The molecule has 2 aliphatic rings. The first kappa shape index (κ1) is 22.8. The van der Waals surface area contributed by atoms with E-state index in [9.17, 15) is 9.59 Å². The Balaban J connectivity index is 1.61. The Bertz CT molecular complexity index is 1360. The number of aromatic nitrogens is 2. The van der Waals surface area contributed by atoms with Crippen LogP contribution in [0, 0.1) is 6.92 Å². The predicted octanol–water partition coefficient (Wildman–Crippen LogP) is 3.61. The number of hydrogen-bond donors (Lipinski definition) is 0. The molecule has 2 saturated heterocycles. The first-order chi connectivity index (χ1) is 16.3. The molecule has 2 atom stereocenters. The number of pyridine rings is 1. The summed E-state index contributed by atoms with van der Waals surface area (Å²) in [7, 11) is 0. The smallest absolute Gasteiger partial charge is 0.267 e. The third-order valence-electron chi connectivity index (χ3n) is 5.83. The van der Waals surface area contributed by atoms with Crippen LogP contribution in [-0.4, -0.2) is 49.8 Å². The molecule has 0 aliphatic carbocycles. The van der Waals surface area contributed by atoms with Gasteiger partial charge in [-0.2, -0.15) is 0 Å². The Kier molecular flexibility index (Phi) is 6.05. The van der Waals surface area contributed by atoms with E-state index in [0.29, 0.717) is 45.1 Å². The lowest BCUT2D eigenvalue weighted by Gasteiger charge is -2.36. The second-order valence-corrected chi connectivity index (χ2v) is 10.2. The van der Waals surface area contributed by atoms with Crippen LogP contribution in [0.15, 0.2) is 50.8 Å². The van der Waals surface area contributed by atoms with Crippen LogP contribution < -0.4 is 10.5 Å². The Morgan fingerprint density at radius 3 is 2.68 bits per heavy atom. The number of fused-ring (bicyclic) bond motifs is 1. The molecular weight excluding hydrogens is 472 g/mol. The average Bonchev–Trinajstić information content (AvgIpc) is 3.39. The van der Waals surface area contributed by atoms with Crippen LogP contribution >= 0.6 is 24.0 Å². The van der Waals surface area contributed by atoms with Crippen molar-refractivity contribution in [2.24, 2.45) is 0 Å². The fraction of sp³-hybridized carbons (Fsp3) is 0.333.